The average Bonchev–Trinajstić information content (AvgIpc) is 2.90. The summed E-state index contributed by atoms with van der Waals surface area (Å²) in [5.74, 6) is 1.40. The number of amides is 3. The first-order valence-electron chi connectivity index (χ1n) is 12.7. The minimum atomic E-state index is -0.356. The van der Waals surface area contributed by atoms with Crippen LogP contribution in [0.2, 0.25) is 5.02 Å². The van der Waals surface area contributed by atoms with Crippen molar-refractivity contribution in [2.24, 2.45) is 0 Å². The number of hydrogen-bond acceptors (Lipinski definition) is 6. The molecule has 1 heterocycles. The molecule has 10 heteroatoms. The van der Waals surface area contributed by atoms with Crippen LogP contribution in [0.15, 0.2) is 48.7 Å². The number of hydrogen-bond donors (Lipinski definition) is 3. The first kappa shape index (κ1) is 29.7. The molecular formula is C29H36ClN5O4. The Morgan fingerprint density at radius 1 is 1.00 bits per heavy atom. The quantitative estimate of drug-likeness (QED) is 0.254. The first-order valence-corrected chi connectivity index (χ1v) is 13.1. The van der Waals surface area contributed by atoms with Crippen molar-refractivity contribution in [1.29, 1.82) is 0 Å². The smallest absolute Gasteiger partial charge is 0.319 e. The number of aryl methyl sites for hydroxylation is 2. The Bertz CT molecular complexity index is 1300. The fourth-order valence-corrected chi connectivity index (χ4v) is 3.88. The summed E-state index contributed by atoms with van der Waals surface area (Å²) >= 11 is 6.31. The number of nitrogens with one attached hydrogen (secondary N) is 3. The Morgan fingerprint density at radius 3 is 2.51 bits per heavy atom. The highest BCUT2D eigenvalue weighted by Gasteiger charge is 2.12. The van der Waals surface area contributed by atoms with Crippen molar-refractivity contribution in [2.75, 3.05) is 39.6 Å². The molecule has 0 saturated carbocycles. The van der Waals surface area contributed by atoms with Crippen LogP contribution in [-0.4, -0.2) is 56.1 Å². The molecule has 3 aromatic rings. The van der Waals surface area contributed by atoms with Crippen molar-refractivity contribution in [3.8, 4) is 17.2 Å². The molecule has 2 aromatic carbocycles. The topological polar surface area (TPSA) is 105 Å². The zero-order valence-corrected chi connectivity index (χ0v) is 23.8. The van der Waals surface area contributed by atoms with Gasteiger partial charge in [0, 0.05) is 36.9 Å². The van der Waals surface area contributed by atoms with Gasteiger partial charge in [-0.1, -0.05) is 23.7 Å². The second kappa shape index (κ2) is 14.4. The van der Waals surface area contributed by atoms with Gasteiger partial charge in [-0.25, -0.2) is 4.79 Å². The number of pyridine rings is 1. The maximum absolute atomic E-state index is 12.7. The van der Waals surface area contributed by atoms with Gasteiger partial charge >= 0.3 is 6.03 Å². The van der Waals surface area contributed by atoms with Crippen LogP contribution >= 0.6 is 11.6 Å². The number of unbranched alkanes of at least 4 members (excludes halogenated alkanes) is 1. The summed E-state index contributed by atoms with van der Waals surface area (Å²) in [5, 5.41) is 8.89. The molecule has 0 spiro atoms. The Balaban J connectivity index is 1.58. The number of benzene rings is 2. The number of nitrogens with zero attached hydrogens (tertiary/aromatic N) is 2. The van der Waals surface area contributed by atoms with Crippen molar-refractivity contribution < 1.29 is 19.1 Å². The molecule has 208 valence electrons. The lowest BCUT2D eigenvalue weighted by molar-refractivity contribution is 0.0957. The van der Waals surface area contributed by atoms with Crippen LogP contribution < -0.4 is 25.4 Å². The van der Waals surface area contributed by atoms with E-state index in [9.17, 15) is 9.59 Å². The minimum absolute atomic E-state index is 0.272. The van der Waals surface area contributed by atoms with Crippen molar-refractivity contribution in [3.63, 3.8) is 0 Å². The van der Waals surface area contributed by atoms with Crippen LogP contribution in [0, 0.1) is 13.8 Å². The largest absolute Gasteiger partial charge is 0.491 e. The molecule has 0 aliphatic heterocycles. The maximum Gasteiger partial charge on any atom is 0.319 e. The van der Waals surface area contributed by atoms with Crippen molar-refractivity contribution in [2.45, 2.75) is 33.2 Å². The molecule has 0 unspecified atom stereocenters. The number of aromatic nitrogens is 1. The molecule has 0 aliphatic rings. The van der Waals surface area contributed by atoms with E-state index >= 15 is 0 Å². The van der Waals surface area contributed by atoms with E-state index < -0.39 is 0 Å². The fraction of sp³-hybridized carbons (Fsp3) is 0.345. The standard InChI is InChI=1S/C29H36ClN5O4/c1-19-15-24(27(17-23(19)30)38-13-7-6-12-35(4)5)34-29(37)33-18-21-8-9-26(20(2)14-21)39-22-10-11-32-25(16-22)28(36)31-3/h8-11,14-17H,6-7,12-13,18H2,1-5H3,(H,31,36)(H2,33,34,37). The number of urea groups is 1. The summed E-state index contributed by atoms with van der Waals surface area (Å²) in [6.07, 6.45) is 3.43. The van der Waals surface area contributed by atoms with Crippen LogP contribution in [-0.2, 0) is 6.54 Å². The van der Waals surface area contributed by atoms with E-state index in [4.69, 9.17) is 21.1 Å². The molecule has 0 fully saturated rings. The van der Waals surface area contributed by atoms with Crippen LogP contribution in [0.4, 0.5) is 10.5 Å². The summed E-state index contributed by atoms with van der Waals surface area (Å²) < 4.78 is 11.9. The van der Waals surface area contributed by atoms with Gasteiger partial charge in [0.2, 0.25) is 0 Å². The summed E-state index contributed by atoms with van der Waals surface area (Å²) in [6.45, 7) is 5.63. The van der Waals surface area contributed by atoms with Crippen LogP contribution in [0.25, 0.3) is 0 Å². The monoisotopic (exact) mass is 553 g/mol. The highest BCUT2D eigenvalue weighted by molar-refractivity contribution is 6.31. The molecule has 0 radical (unpaired) electrons. The van der Waals surface area contributed by atoms with E-state index in [2.05, 4.69) is 25.8 Å². The van der Waals surface area contributed by atoms with Crippen LogP contribution in [0.3, 0.4) is 0 Å². The molecule has 9 nitrogen and oxygen atoms in total. The summed E-state index contributed by atoms with van der Waals surface area (Å²) in [4.78, 5) is 30.7. The highest BCUT2D eigenvalue weighted by atomic mass is 35.5. The third kappa shape index (κ3) is 9.15. The highest BCUT2D eigenvalue weighted by Crippen LogP contribution is 2.31. The summed E-state index contributed by atoms with van der Waals surface area (Å²) in [6, 6.07) is 12.1. The third-order valence-corrected chi connectivity index (χ3v) is 6.28. The van der Waals surface area contributed by atoms with Gasteiger partial charge in [-0.2, -0.15) is 0 Å². The van der Waals surface area contributed by atoms with Gasteiger partial charge in [0.05, 0.1) is 12.3 Å². The number of carbonyl (C=O) groups excluding carboxylic acids is 2. The minimum Gasteiger partial charge on any atom is -0.491 e. The molecular weight excluding hydrogens is 518 g/mol. The third-order valence-electron chi connectivity index (χ3n) is 5.88. The van der Waals surface area contributed by atoms with Gasteiger partial charge in [-0.3, -0.25) is 9.78 Å². The molecule has 0 atom stereocenters. The van der Waals surface area contributed by atoms with Gasteiger partial charge in [0.1, 0.15) is 22.9 Å². The van der Waals surface area contributed by atoms with Gasteiger partial charge in [0.25, 0.3) is 5.91 Å². The lowest BCUT2D eigenvalue weighted by atomic mass is 10.1. The van der Waals surface area contributed by atoms with Crippen molar-refractivity contribution in [3.05, 3.63) is 76.1 Å². The van der Waals surface area contributed by atoms with Gasteiger partial charge in [0.15, 0.2) is 0 Å². The van der Waals surface area contributed by atoms with E-state index in [1.807, 2.05) is 52.2 Å². The molecule has 0 bridgehead atoms. The van der Waals surface area contributed by atoms with Gasteiger partial charge in [-0.05, 0) is 82.2 Å². The van der Waals surface area contributed by atoms with E-state index in [1.54, 1.807) is 25.2 Å². The Hall–Kier alpha value is -3.82. The number of halogens is 1. The zero-order chi connectivity index (χ0) is 28.4. The molecule has 3 rings (SSSR count). The zero-order valence-electron chi connectivity index (χ0n) is 23.1. The molecule has 1 aromatic heterocycles. The van der Waals surface area contributed by atoms with E-state index in [0.29, 0.717) is 41.1 Å². The maximum atomic E-state index is 12.7. The molecule has 3 N–H and O–H groups in total. The van der Waals surface area contributed by atoms with E-state index in [0.717, 1.165) is 36.1 Å². The normalized spacial score (nSPS) is 10.7. The Labute approximate surface area is 234 Å². The predicted molar refractivity (Wildman–Crippen MR) is 154 cm³/mol. The molecule has 0 saturated heterocycles. The van der Waals surface area contributed by atoms with Crippen molar-refractivity contribution in [1.82, 2.24) is 20.5 Å². The SMILES string of the molecule is CNC(=O)c1cc(Oc2ccc(CNC(=O)Nc3cc(C)c(Cl)cc3OCCCCN(C)C)cc2C)ccn1. The predicted octanol–water partition coefficient (Wildman–Crippen LogP) is 5.55. The molecule has 39 heavy (non-hydrogen) atoms. The van der Waals surface area contributed by atoms with E-state index in [-0.39, 0.29) is 17.6 Å². The second-order valence-corrected chi connectivity index (χ2v) is 9.83. The fourth-order valence-electron chi connectivity index (χ4n) is 3.73. The second-order valence-electron chi connectivity index (χ2n) is 9.42. The molecule has 3 amide bonds. The number of rotatable bonds is 12. The average molecular weight is 554 g/mol. The van der Waals surface area contributed by atoms with Gasteiger partial charge < -0.3 is 30.3 Å². The van der Waals surface area contributed by atoms with Gasteiger partial charge in [-0.15, -0.1) is 0 Å². The van der Waals surface area contributed by atoms with Crippen LogP contribution in [0.1, 0.15) is 40.0 Å². The van der Waals surface area contributed by atoms with Crippen LogP contribution in [0.5, 0.6) is 17.2 Å². The summed E-state index contributed by atoms with van der Waals surface area (Å²) in [5.41, 5.74) is 3.46. The summed E-state index contributed by atoms with van der Waals surface area (Å²) in [7, 11) is 5.63. The van der Waals surface area contributed by atoms with E-state index in [1.165, 1.54) is 6.20 Å². The van der Waals surface area contributed by atoms with Crippen molar-refractivity contribution >= 4 is 29.2 Å². The lowest BCUT2D eigenvalue weighted by Crippen LogP contribution is -2.28. The lowest BCUT2D eigenvalue weighted by Gasteiger charge is -2.16. The number of anilines is 1. The number of carbonyl (C=O) groups is 2. The Morgan fingerprint density at radius 2 is 1.79 bits per heavy atom. The number of ether oxygens (including phenoxy) is 2. The first-order chi connectivity index (χ1) is 18.7. The molecule has 0 aliphatic carbocycles. The Kier molecular flexibility index (Phi) is 11.0.